The van der Waals surface area contributed by atoms with Crippen LogP contribution in [0, 0.1) is 5.82 Å². The number of aliphatic hydroxyl groups excluding tert-OH is 1. The molecule has 0 fully saturated rings. The van der Waals surface area contributed by atoms with Crippen LogP contribution in [-0.4, -0.2) is 20.1 Å². The number of sulfonamides is 1. The first kappa shape index (κ1) is 15.5. The number of nitrogens with one attached hydrogen (secondary N) is 1. The normalized spacial score (nSPS) is 11.3. The van der Waals surface area contributed by atoms with E-state index in [1.807, 2.05) is 0 Å². The summed E-state index contributed by atoms with van der Waals surface area (Å²) >= 11 is 0. The maximum atomic E-state index is 12.8. The van der Waals surface area contributed by atoms with Crippen LogP contribution in [0.3, 0.4) is 0 Å². The molecular weight excluding hydrogens is 293 g/mol. The second-order valence-electron chi connectivity index (χ2n) is 4.66. The molecule has 112 valence electrons. The number of anilines is 1. The van der Waals surface area contributed by atoms with Crippen molar-refractivity contribution in [3.05, 3.63) is 65.5 Å². The van der Waals surface area contributed by atoms with E-state index in [0.29, 0.717) is 17.7 Å². The van der Waals surface area contributed by atoms with Gasteiger partial charge in [0, 0.05) is 12.3 Å². The SMILES string of the molecule is O=S(=O)(Cc1ccc(F)cc1)Nc1ccc(CCO)cc1. The van der Waals surface area contributed by atoms with Gasteiger partial charge in [0.1, 0.15) is 5.82 Å². The quantitative estimate of drug-likeness (QED) is 0.860. The maximum Gasteiger partial charge on any atom is 0.236 e. The van der Waals surface area contributed by atoms with E-state index in [4.69, 9.17) is 5.11 Å². The molecule has 0 saturated carbocycles. The van der Waals surface area contributed by atoms with Crippen LogP contribution in [0.4, 0.5) is 10.1 Å². The Kier molecular flexibility index (Phi) is 4.93. The molecule has 0 saturated heterocycles. The third-order valence-corrected chi connectivity index (χ3v) is 4.16. The van der Waals surface area contributed by atoms with Crippen molar-refractivity contribution in [2.75, 3.05) is 11.3 Å². The zero-order valence-corrected chi connectivity index (χ0v) is 12.1. The first-order chi connectivity index (χ1) is 9.98. The molecule has 0 aliphatic rings. The van der Waals surface area contributed by atoms with Gasteiger partial charge >= 0.3 is 0 Å². The van der Waals surface area contributed by atoms with Crippen LogP contribution in [0.25, 0.3) is 0 Å². The Morgan fingerprint density at radius 2 is 1.52 bits per heavy atom. The van der Waals surface area contributed by atoms with Crippen LogP contribution in [0.1, 0.15) is 11.1 Å². The molecule has 0 unspecified atom stereocenters. The van der Waals surface area contributed by atoms with Gasteiger partial charge in [0.25, 0.3) is 0 Å². The summed E-state index contributed by atoms with van der Waals surface area (Å²) in [6.45, 7) is 0.0512. The average Bonchev–Trinajstić information content (AvgIpc) is 2.43. The highest BCUT2D eigenvalue weighted by atomic mass is 32.2. The van der Waals surface area contributed by atoms with Crippen LogP contribution in [0.2, 0.25) is 0 Å². The Balaban J connectivity index is 2.04. The standard InChI is InChI=1S/C15H16FNO3S/c16-14-5-1-13(2-6-14)11-21(19,20)17-15-7-3-12(4-8-15)9-10-18/h1-8,17-18H,9-11H2. The summed E-state index contributed by atoms with van der Waals surface area (Å²) in [5.41, 5.74) is 1.90. The first-order valence-electron chi connectivity index (χ1n) is 6.43. The lowest BCUT2D eigenvalue weighted by Gasteiger charge is -2.09. The van der Waals surface area contributed by atoms with Gasteiger partial charge in [-0.25, -0.2) is 12.8 Å². The van der Waals surface area contributed by atoms with E-state index in [2.05, 4.69) is 4.72 Å². The van der Waals surface area contributed by atoms with Crippen LogP contribution >= 0.6 is 0 Å². The lowest BCUT2D eigenvalue weighted by molar-refractivity contribution is 0.299. The topological polar surface area (TPSA) is 66.4 Å². The average molecular weight is 309 g/mol. The van der Waals surface area contributed by atoms with Crippen molar-refractivity contribution in [2.45, 2.75) is 12.2 Å². The number of hydrogen-bond acceptors (Lipinski definition) is 3. The Bertz CT molecular complexity index is 682. The fourth-order valence-electron chi connectivity index (χ4n) is 1.88. The monoisotopic (exact) mass is 309 g/mol. The lowest BCUT2D eigenvalue weighted by Crippen LogP contribution is -2.15. The maximum absolute atomic E-state index is 12.8. The molecule has 6 heteroatoms. The molecule has 0 aliphatic heterocycles. The summed E-state index contributed by atoms with van der Waals surface area (Å²) in [6.07, 6.45) is 0.530. The third kappa shape index (κ3) is 4.84. The molecule has 0 amide bonds. The second kappa shape index (κ2) is 6.69. The van der Waals surface area contributed by atoms with E-state index in [-0.39, 0.29) is 12.4 Å². The lowest BCUT2D eigenvalue weighted by atomic mass is 10.1. The Morgan fingerprint density at radius 1 is 0.952 bits per heavy atom. The van der Waals surface area contributed by atoms with Crippen LogP contribution in [0.5, 0.6) is 0 Å². The minimum atomic E-state index is -3.55. The molecule has 0 spiro atoms. The van der Waals surface area contributed by atoms with E-state index < -0.39 is 15.8 Å². The predicted molar refractivity (Wildman–Crippen MR) is 79.9 cm³/mol. The van der Waals surface area contributed by atoms with Crippen molar-refractivity contribution >= 4 is 15.7 Å². The van der Waals surface area contributed by atoms with E-state index in [1.165, 1.54) is 24.3 Å². The van der Waals surface area contributed by atoms with Gasteiger partial charge in [-0.1, -0.05) is 24.3 Å². The third-order valence-electron chi connectivity index (χ3n) is 2.90. The summed E-state index contributed by atoms with van der Waals surface area (Å²) in [5.74, 6) is -0.616. The van der Waals surface area contributed by atoms with Gasteiger partial charge in [0.05, 0.1) is 5.75 Å². The van der Waals surface area contributed by atoms with Crippen LogP contribution in [-0.2, 0) is 22.2 Å². The number of halogens is 1. The molecule has 0 aromatic heterocycles. The highest BCUT2D eigenvalue weighted by Gasteiger charge is 2.11. The molecular formula is C15H16FNO3S. The van der Waals surface area contributed by atoms with Gasteiger partial charge in [-0.3, -0.25) is 4.72 Å². The molecule has 0 atom stereocenters. The molecule has 0 heterocycles. The highest BCUT2D eigenvalue weighted by Crippen LogP contribution is 2.14. The summed E-state index contributed by atoms with van der Waals surface area (Å²) in [5, 5.41) is 8.82. The molecule has 2 aromatic rings. The van der Waals surface area contributed by atoms with Crippen molar-refractivity contribution in [1.29, 1.82) is 0 Å². The van der Waals surface area contributed by atoms with Gasteiger partial charge in [-0.05, 0) is 41.8 Å². The van der Waals surface area contributed by atoms with E-state index >= 15 is 0 Å². The van der Waals surface area contributed by atoms with E-state index in [0.717, 1.165) is 5.56 Å². The minimum absolute atomic E-state index is 0.0512. The van der Waals surface area contributed by atoms with Crippen molar-refractivity contribution in [3.63, 3.8) is 0 Å². The fraction of sp³-hybridized carbons (Fsp3) is 0.200. The molecule has 0 radical (unpaired) electrons. The smallest absolute Gasteiger partial charge is 0.236 e. The summed E-state index contributed by atoms with van der Waals surface area (Å²) in [7, 11) is -3.55. The first-order valence-corrected chi connectivity index (χ1v) is 8.08. The molecule has 2 N–H and O–H groups in total. The van der Waals surface area contributed by atoms with Gasteiger partial charge in [0.2, 0.25) is 10.0 Å². The largest absolute Gasteiger partial charge is 0.396 e. The van der Waals surface area contributed by atoms with E-state index in [9.17, 15) is 12.8 Å². The van der Waals surface area contributed by atoms with Crippen LogP contribution < -0.4 is 4.72 Å². The van der Waals surface area contributed by atoms with Gasteiger partial charge in [-0.2, -0.15) is 0 Å². The molecule has 0 bridgehead atoms. The van der Waals surface area contributed by atoms with Gasteiger partial charge < -0.3 is 5.11 Å². The Morgan fingerprint density at radius 3 is 2.10 bits per heavy atom. The van der Waals surface area contributed by atoms with E-state index in [1.54, 1.807) is 24.3 Å². The molecule has 0 aliphatic carbocycles. The molecule has 2 aromatic carbocycles. The summed E-state index contributed by atoms with van der Waals surface area (Å²) in [4.78, 5) is 0. The highest BCUT2D eigenvalue weighted by molar-refractivity contribution is 7.91. The zero-order valence-electron chi connectivity index (χ0n) is 11.3. The van der Waals surface area contributed by atoms with Crippen molar-refractivity contribution in [2.24, 2.45) is 0 Å². The van der Waals surface area contributed by atoms with Crippen molar-refractivity contribution in [1.82, 2.24) is 0 Å². The number of rotatable bonds is 6. The van der Waals surface area contributed by atoms with Crippen LogP contribution in [0.15, 0.2) is 48.5 Å². The van der Waals surface area contributed by atoms with Crippen molar-refractivity contribution in [3.8, 4) is 0 Å². The second-order valence-corrected chi connectivity index (χ2v) is 6.38. The number of benzene rings is 2. The minimum Gasteiger partial charge on any atom is -0.396 e. The van der Waals surface area contributed by atoms with Gasteiger partial charge in [-0.15, -0.1) is 0 Å². The summed E-state index contributed by atoms with van der Waals surface area (Å²) < 4.78 is 39.3. The molecule has 2 rings (SSSR count). The summed E-state index contributed by atoms with van der Waals surface area (Å²) in [6, 6.07) is 12.2. The fourth-order valence-corrected chi connectivity index (χ4v) is 3.08. The van der Waals surface area contributed by atoms with Crippen molar-refractivity contribution < 1.29 is 17.9 Å². The number of hydrogen-bond donors (Lipinski definition) is 2. The predicted octanol–water partition coefficient (Wildman–Crippen LogP) is 2.30. The molecule has 21 heavy (non-hydrogen) atoms. The number of aliphatic hydroxyl groups is 1. The Hall–Kier alpha value is -1.92. The zero-order chi connectivity index (χ0) is 15.3. The Labute approximate surface area is 123 Å². The van der Waals surface area contributed by atoms with Gasteiger partial charge in [0.15, 0.2) is 0 Å². The molecule has 4 nitrogen and oxygen atoms in total.